The van der Waals surface area contributed by atoms with Crippen LogP contribution in [0.1, 0.15) is 57.1 Å². The van der Waals surface area contributed by atoms with E-state index in [1.807, 2.05) is 9.58 Å². The Kier molecular flexibility index (Phi) is 5.12. The van der Waals surface area contributed by atoms with E-state index >= 15 is 0 Å². The lowest BCUT2D eigenvalue weighted by atomic mass is 10.1. The maximum absolute atomic E-state index is 12.9. The number of hydrogen-bond donors (Lipinski definition) is 0. The number of amides is 2. The smallest absolute Gasteiger partial charge is 0.257 e. The molecule has 0 aromatic carbocycles. The van der Waals surface area contributed by atoms with Crippen LogP contribution in [-0.2, 0) is 16.8 Å². The van der Waals surface area contributed by atoms with E-state index in [0.29, 0.717) is 31.7 Å². The summed E-state index contributed by atoms with van der Waals surface area (Å²) < 4.78 is 1.97. The summed E-state index contributed by atoms with van der Waals surface area (Å²) in [6, 6.07) is 0. The number of hydrogen-bond acceptors (Lipinski definition) is 3. The van der Waals surface area contributed by atoms with Crippen molar-refractivity contribution in [3.05, 3.63) is 17.5 Å². The maximum Gasteiger partial charge on any atom is 0.257 e. The van der Waals surface area contributed by atoms with Gasteiger partial charge in [-0.2, -0.15) is 5.10 Å². The van der Waals surface area contributed by atoms with E-state index in [-0.39, 0.29) is 17.4 Å². The Bertz CT molecular complexity index is 578. The Hall–Kier alpha value is -1.85. The number of nitrogens with zero attached hydrogens (tertiary/aromatic N) is 4. The topological polar surface area (TPSA) is 58.4 Å². The Morgan fingerprint density at radius 2 is 1.70 bits per heavy atom. The van der Waals surface area contributed by atoms with Crippen molar-refractivity contribution in [1.29, 1.82) is 0 Å². The molecule has 0 atom stereocenters. The van der Waals surface area contributed by atoms with Gasteiger partial charge < -0.3 is 9.80 Å². The van der Waals surface area contributed by atoms with Gasteiger partial charge >= 0.3 is 0 Å². The molecule has 1 aliphatic rings. The van der Waals surface area contributed by atoms with Crippen molar-refractivity contribution in [2.75, 3.05) is 26.2 Å². The molecule has 0 radical (unpaired) electrons. The van der Waals surface area contributed by atoms with Crippen molar-refractivity contribution < 1.29 is 9.59 Å². The minimum absolute atomic E-state index is 0.0344. The molecule has 0 spiro atoms. The van der Waals surface area contributed by atoms with Gasteiger partial charge in [0, 0.05) is 33.1 Å². The van der Waals surface area contributed by atoms with Crippen molar-refractivity contribution in [2.24, 2.45) is 0 Å². The van der Waals surface area contributed by atoms with Crippen LogP contribution in [0.5, 0.6) is 0 Å². The Morgan fingerprint density at radius 3 is 2.17 bits per heavy atom. The molecule has 1 aliphatic heterocycles. The van der Waals surface area contributed by atoms with Gasteiger partial charge in [0.15, 0.2) is 0 Å². The first-order valence-electron chi connectivity index (χ1n) is 8.38. The van der Waals surface area contributed by atoms with Crippen LogP contribution in [0.4, 0.5) is 0 Å². The van der Waals surface area contributed by atoms with Crippen LogP contribution in [0.3, 0.4) is 0 Å². The molecule has 2 heterocycles. The zero-order valence-corrected chi connectivity index (χ0v) is 14.9. The van der Waals surface area contributed by atoms with Gasteiger partial charge in [-0.15, -0.1) is 0 Å². The summed E-state index contributed by atoms with van der Waals surface area (Å²) in [5.41, 5.74) is 1.58. The first-order chi connectivity index (χ1) is 10.8. The molecule has 2 amide bonds. The van der Waals surface area contributed by atoms with Gasteiger partial charge in [0.2, 0.25) is 5.91 Å². The third-order valence-corrected chi connectivity index (χ3v) is 4.23. The third kappa shape index (κ3) is 3.74. The van der Waals surface area contributed by atoms with Crippen molar-refractivity contribution in [3.63, 3.8) is 0 Å². The summed E-state index contributed by atoms with van der Waals surface area (Å²) in [6.45, 7) is 12.4. The fourth-order valence-electron chi connectivity index (χ4n) is 3.00. The lowest BCUT2D eigenvalue weighted by Crippen LogP contribution is -2.50. The maximum atomic E-state index is 12.9. The molecule has 128 valence electrons. The first-order valence-corrected chi connectivity index (χ1v) is 8.38. The molecule has 0 aliphatic carbocycles. The summed E-state index contributed by atoms with van der Waals surface area (Å²) in [5, 5.41) is 4.47. The van der Waals surface area contributed by atoms with E-state index in [2.05, 4.69) is 32.8 Å². The molecule has 6 heteroatoms. The second-order valence-electron chi connectivity index (χ2n) is 7.14. The number of carbonyl (C=O) groups is 2. The van der Waals surface area contributed by atoms with E-state index in [0.717, 1.165) is 18.5 Å². The number of carbonyl (C=O) groups excluding carboxylic acids is 2. The molecule has 1 fully saturated rings. The van der Waals surface area contributed by atoms with Gasteiger partial charge in [0.1, 0.15) is 0 Å². The third-order valence-electron chi connectivity index (χ3n) is 4.23. The SMILES string of the molecule is CCCc1c(C(=O)N2CCN(C(C)=O)CC2)cnn1C(C)(C)C. The highest BCUT2D eigenvalue weighted by molar-refractivity contribution is 5.95. The van der Waals surface area contributed by atoms with Crippen LogP contribution in [0.15, 0.2) is 6.20 Å². The summed E-state index contributed by atoms with van der Waals surface area (Å²) in [4.78, 5) is 27.9. The van der Waals surface area contributed by atoms with Gasteiger partial charge in [-0.3, -0.25) is 14.3 Å². The van der Waals surface area contributed by atoms with E-state index < -0.39 is 0 Å². The summed E-state index contributed by atoms with van der Waals surface area (Å²) in [7, 11) is 0. The monoisotopic (exact) mass is 320 g/mol. The number of rotatable bonds is 3. The van der Waals surface area contributed by atoms with E-state index in [1.165, 1.54) is 0 Å². The second kappa shape index (κ2) is 6.72. The van der Waals surface area contributed by atoms with Gasteiger partial charge in [-0.1, -0.05) is 13.3 Å². The highest BCUT2D eigenvalue weighted by Crippen LogP contribution is 2.22. The van der Waals surface area contributed by atoms with Gasteiger partial charge in [0.05, 0.1) is 23.0 Å². The fourth-order valence-corrected chi connectivity index (χ4v) is 3.00. The number of piperazine rings is 1. The fraction of sp³-hybridized carbons (Fsp3) is 0.706. The minimum atomic E-state index is -0.142. The molecular weight excluding hydrogens is 292 g/mol. The highest BCUT2D eigenvalue weighted by Gasteiger charge is 2.28. The highest BCUT2D eigenvalue weighted by atomic mass is 16.2. The van der Waals surface area contributed by atoms with Crippen LogP contribution in [0, 0.1) is 0 Å². The average molecular weight is 320 g/mol. The minimum Gasteiger partial charge on any atom is -0.339 e. The van der Waals surface area contributed by atoms with Gasteiger partial charge in [-0.25, -0.2) is 0 Å². The lowest BCUT2D eigenvalue weighted by Gasteiger charge is -2.34. The Morgan fingerprint density at radius 1 is 1.13 bits per heavy atom. The molecule has 6 nitrogen and oxygen atoms in total. The van der Waals surface area contributed by atoms with Crippen molar-refractivity contribution in [3.8, 4) is 0 Å². The normalized spacial score (nSPS) is 15.9. The Labute approximate surface area is 138 Å². The van der Waals surface area contributed by atoms with Crippen LogP contribution >= 0.6 is 0 Å². The van der Waals surface area contributed by atoms with Crippen molar-refractivity contribution in [1.82, 2.24) is 19.6 Å². The second-order valence-corrected chi connectivity index (χ2v) is 7.14. The largest absolute Gasteiger partial charge is 0.339 e. The molecule has 2 rings (SSSR count). The molecule has 0 saturated carbocycles. The lowest BCUT2D eigenvalue weighted by molar-refractivity contribution is -0.130. The van der Waals surface area contributed by atoms with E-state index in [1.54, 1.807) is 18.0 Å². The van der Waals surface area contributed by atoms with Crippen LogP contribution in [0.25, 0.3) is 0 Å². The quantitative estimate of drug-likeness (QED) is 0.854. The van der Waals surface area contributed by atoms with E-state index in [4.69, 9.17) is 0 Å². The molecule has 1 saturated heterocycles. The van der Waals surface area contributed by atoms with Crippen LogP contribution < -0.4 is 0 Å². The summed E-state index contributed by atoms with van der Waals surface area (Å²) in [6.07, 6.45) is 3.52. The molecule has 1 aromatic rings. The molecule has 0 bridgehead atoms. The Balaban J connectivity index is 2.20. The predicted molar refractivity (Wildman–Crippen MR) is 89.4 cm³/mol. The van der Waals surface area contributed by atoms with Crippen LogP contribution in [-0.4, -0.2) is 57.6 Å². The average Bonchev–Trinajstić information content (AvgIpc) is 2.91. The molecule has 0 N–H and O–H groups in total. The van der Waals surface area contributed by atoms with Crippen molar-refractivity contribution >= 4 is 11.8 Å². The molecular formula is C17H28N4O2. The molecule has 1 aromatic heterocycles. The van der Waals surface area contributed by atoms with Gasteiger partial charge in [0.25, 0.3) is 5.91 Å². The predicted octanol–water partition coefficient (Wildman–Crippen LogP) is 1.89. The van der Waals surface area contributed by atoms with E-state index in [9.17, 15) is 9.59 Å². The first kappa shape index (κ1) is 17.5. The van der Waals surface area contributed by atoms with Crippen LogP contribution in [0.2, 0.25) is 0 Å². The number of aromatic nitrogens is 2. The zero-order valence-electron chi connectivity index (χ0n) is 14.9. The van der Waals surface area contributed by atoms with Gasteiger partial charge in [-0.05, 0) is 27.2 Å². The zero-order chi connectivity index (χ0) is 17.2. The standard InChI is InChI=1S/C17H28N4O2/c1-6-7-15-14(12-18-21(15)17(3,4)5)16(23)20-10-8-19(9-11-20)13(2)22/h12H,6-11H2,1-5H3. The summed E-state index contributed by atoms with van der Waals surface area (Å²) in [5.74, 6) is 0.108. The van der Waals surface area contributed by atoms with Crippen molar-refractivity contribution in [2.45, 2.75) is 53.0 Å². The summed E-state index contributed by atoms with van der Waals surface area (Å²) >= 11 is 0. The molecule has 23 heavy (non-hydrogen) atoms. The molecule has 0 unspecified atom stereocenters.